The summed E-state index contributed by atoms with van der Waals surface area (Å²) in [5.74, 6) is 1.50. The average molecular weight is 987 g/mol. The highest BCUT2D eigenvalue weighted by atomic mass is 35.5. The molecule has 21 heteroatoms. The third-order valence-electron chi connectivity index (χ3n) is 11.7. The van der Waals surface area contributed by atoms with Gasteiger partial charge in [-0.05, 0) is 130 Å². The number of methoxy groups -OCH3 is 1. The zero-order valence-corrected chi connectivity index (χ0v) is 39.9. The van der Waals surface area contributed by atoms with Gasteiger partial charge in [0, 0.05) is 31.2 Å². The molecule has 2 unspecified atom stereocenters. The fourth-order valence-electron chi connectivity index (χ4n) is 8.34. The molecule has 2 atom stereocenters. The third-order valence-corrected chi connectivity index (χ3v) is 12.3. The molecule has 0 aromatic heterocycles. The highest BCUT2D eigenvalue weighted by Crippen LogP contribution is 2.42. The minimum Gasteiger partial charge on any atom is -0.496 e. The molecule has 68 heavy (non-hydrogen) atoms. The Morgan fingerprint density at radius 2 is 1.34 bits per heavy atom. The number of hydrogen-bond donors (Lipinski definition) is 0. The summed E-state index contributed by atoms with van der Waals surface area (Å²) in [7, 11) is 1.60. The van der Waals surface area contributed by atoms with E-state index in [1.54, 1.807) is 19.2 Å². The molecule has 6 rings (SSSR count). The minimum atomic E-state index is -0.960. The van der Waals surface area contributed by atoms with Crippen molar-refractivity contribution in [3.63, 3.8) is 0 Å². The zero-order chi connectivity index (χ0) is 48.7. The maximum Gasteiger partial charge on any atom is 0.410 e. The van der Waals surface area contributed by atoms with Crippen LogP contribution in [0.2, 0.25) is 10.0 Å². The fraction of sp³-hybridized carbons (Fsp3) is 0.511. The Balaban J connectivity index is 1.25. The number of unbranched alkanes of at least 4 members (excludes halogenated alkanes) is 3. The largest absolute Gasteiger partial charge is 0.496 e. The Morgan fingerprint density at radius 3 is 1.93 bits per heavy atom. The van der Waals surface area contributed by atoms with Crippen LogP contribution in [-0.2, 0) is 30.5 Å². The summed E-state index contributed by atoms with van der Waals surface area (Å²) in [5, 5.41) is 20.3. The predicted molar refractivity (Wildman–Crippen MR) is 249 cm³/mol. The minimum absolute atomic E-state index is 0.0271. The van der Waals surface area contributed by atoms with Crippen molar-refractivity contribution in [1.29, 1.82) is 0 Å². The van der Waals surface area contributed by atoms with Crippen molar-refractivity contribution in [2.75, 3.05) is 59.8 Å². The van der Waals surface area contributed by atoms with Gasteiger partial charge in [-0.1, -0.05) is 47.5 Å². The van der Waals surface area contributed by atoms with E-state index >= 15 is 4.79 Å². The van der Waals surface area contributed by atoms with Gasteiger partial charge in [0.15, 0.2) is 5.75 Å². The number of benzene rings is 3. The van der Waals surface area contributed by atoms with Crippen molar-refractivity contribution in [3.05, 3.63) is 113 Å². The summed E-state index contributed by atoms with van der Waals surface area (Å²) in [5.41, 5.74) is 4.55. The highest BCUT2D eigenvalue weighted by molar-refractivity contribution is 6.37. The van der Waals surface area contributed by atoms with Crippen LogP contribution in [0, 0.1) is 34.1 Å². The lowest BCUT2D eigenvalue weighted by Gasteiger charge is -2.50. The molecule has 0 spiro atoms. The number of fused-ring (bicyclic) bond motifs is 2. The normalized spacial score (nSPS) is 16.4. The molecule has 2 aliphatic heterocycles. The number of piperazine rings is 1. The molecular formula is C47H57Cl2N5O14. The van der Waals surface area contributed by atoms with E-state index in [0.717, 1.165) is 46.4 Å². The van der Waals surface area contributed by atoms with Gasteiger partial charge in [-0.25, -0.2) is 9.59 Å². The molecule has 3 aliphatic rings. The number of nitrogens with zero attached hydrogens (tertiary/aromatic N) is 5. The Bertz CT molecular complexity index is 2270. The number of carbonyl (C=O) groups is 3. The van der Waals surface area contributed by atoms with Crippen molar-refractivity contribution < 1.29 is 57.9 Å². The van der Waals surface area contributed by atoms with E-state index in [2.05, 4.69) is 9.68 Å². The van der Waals surface area contributed by atoms with Crippen molar-refractivity contribution >= 4 is 46.9 Å². The van der Waals surface area contributed by atoms with Gasteiger partial charge in [0.05, 0.1) is 68.9 Å². The van der Waals surface area contributed by atoms with Gasteiger partial charge in [0.1, 0.15) is 11.5 Å². The lowest BCUT2D eigenvalue weighted by Crippen LogP contribution is -2.65. The summed E-state index contributed by atoms with van der Waals surface area (Å²) in [4.78, 5) is 78.0. The van der Waals surface area contributed by atoms with E-state index in [4.69, 9.17) is 46.9 Å². The lowest BCUT2D eigenvalue weighted by atomic mass is 9.81. The first-order valence-electron chi connectivity index (χ1n) is 22.6. The van der Waals surface area contributed by atoms with Crippen LogP contribution in [0.15, 0.2) is 60.2 Å². The fourth-order valence-corrected chi connectivity index (χ4v) is 9.04. The second kappa shape index (κ2) is 24.7. The molecule has 0 N–H and O–H groups in total. The average Bonchev–Trinajstić information content (AvgIpc) is 4.14. The van der Waals surface area contributed by atoms with Crippen LogP contribution in [0.25, 0.3) is 5.57 Å². The molecular weight excluding hydrogens is 929 g/mol. The molecule has 2 fully saturated rings. The summed E-state index contributed by atoms with van der Waals surface area (Å²) in [6, 6.07) is 15.2. The first-order chi connectivity index (χ1) is 32.7. The summed E-state index contributed by atoms with van der Waals surface area (Å²) in [6.07, 6.45) is 2.93. The van der Waals surface area contributed by atoms with E-state index in [9.17, 15) is 29.8 Å². The number of halogens is 2. The van der Waals surface area contributed by atoms with E-state index in [1.807, 2.05) is 61.2 Å². The maximum atomic E-state index is 15.4. The smallest absolute Gasteiger partial charge is 0.410 e. The molecule has 368 valence electrons. The molecule has 3 aromatic carbocycles. The Labute approximate surface area is 404 Å². The third kappa shape index (κ3) is 14.2. The topological polar surface area (TPSA) is 212 Å². The van der Waals surface area contributed by atoms with Gasteiger partial charge >= 0.3 is 12.2 Å². The van der Waals surface area contributed by atoms with Gasteiger partial charge in [0.2, 0.25) is 0 Å². The monoisotopic (exact) mass is 985 g/mol. The molecule has 19 nitrogen and oxygen atoms in total. The predicted octanol–water partition coefficient (Wildman–Crippen LogP) is 8.81. The van der Waals surface area contributed by atoms with Crippen molar-refractivity contribution in [2.24, 2.45) is 0 Å². The SMILES string of the molecule is COc1ccc(CN(C(=O)C2=C(c3ccc(OCCCCOc4c(Cl)cc(C)cc4Cl)cc3)CC3CN(C(=O)OCCCCO[N+](=O)[O-])CC2N3C(=O)OCCCCO[N+](=O)[O-])C2CC2)cc1C. The quantitative estimate of drug-likeness (QED) is 0.0441. The number of amides is 3. The van der Waals surface area contributed by atoms with Crippen molar-refractivity contribution in [1.82, 2.24) is 14.7 Å². The second-order valence-corrected chi connectivity index (χ2v) is 17.6. The summed E-state index contributed by atoms with van der Waals surface area (Å²) < 4.78 is 28.8. The van der Waals surface area contributed by atoms with Gasteiger partial charge in [-0.3, -0.25) is 9.69 Å². The van der Waals surface area contributed by atoms with E-state index in [0.29, 0.717) is 59.6 Å². The van der Waals surface area contributed by atoms with Crippen LogP contribution in [0.1, 0.15) is 80.0 Å². The van der Waals surface area contributed by atoms with E-state index in [1.165, 1.54) is 9.80 Å². The maximum absolute atomic E-state index is 15.4. The van der Waals surface area contributed by atoms with Crippen LogP contribution in [0.5, 0.6) is 17.2 Å². The molecule has 1 aliphatic carbocycles. The van der Waals surface area contributed by atoms with Gasteiger partial charge in [-0.15, -0.1) is 20.2 Å². The number of aryl methyl sites for hydroxylation is 2. The van der Waals surface area contributed by atoms with E-state index in [-0.39, 0.29) is 83.7 Å². The van der Waals surface area contributed by atoms with Gasteiger partial charge in [0.25, 0.3) is 16.1 Å². The number of rotatable bonds is 25. The molecule has 1 saturated carbocycles. The zero-order valence-electron chi connectivity index (χ0n) is 38.4. The van der Waals surface area contributed by atoms with Gasteiger partial charge in [-0.2, -0.15) is 0 Å². The van der Waals surface area contributed by atoms with Crippen LogP contribution in [0.4, 0.5) is 9.59 Å². The first-order valence-corrected chi connectivity index (χ1v) is 23.4. The van der Waals surface area contributed by atoms with Gasteiger partial charge < -0.3 is 43.2 Å². The highest BCUT2D eigenvalue weighted by Gasteiger charge is 2.50. The van der Waals surface area contributed by atoms with Crippen LogP contribution in [0.3, 0.4) is 0 Å². The Hall–Kier alpha value is -6.21. The van der Waals surface area contributed by atoms with Crippen molar-refractivity contribution in [3.8, 4) is 17.2 Å². The second-order valence-electron chi connectivity index (χ2n) is 16.8. The van der Waals surface area contributed by atoms with E-state index < -0.39 is 34.4 Å². The van der Waals surface area contributed by atoms with Crippen molar-refractivity contribution in [2.45, 2.75) is 96.3 Å². The Kier molecular flexibility index (Phi) is 18.6. The molecule has 3 aromatic rings. The molecule has 1 saturated heterocycles. The standard InChI is InChI=1S/C47H57Cl2N5O14/c1-31-24-39(48)44(40(49)25-31)64-19-5-4-18-63-37-15-11-34(12-16-37)38-27-36-29-50(46(56)65-20-6-8-22-67-53(58)59)30-41(52(36)47(57)66-21-7-9-23-68-54(60)61)43(38)45(55)51(35-13-14-35)28-33-10-17-42(62-3)32(2)26-33/h10-12,15-17,24-26,35-36,41H,4-9,13-14,18-23,27-30H2,1-3H3. The number of carbonyl (C=O) groups excluding carboxylic acids is 3. The number of ether oxygens (including phenoxy) is 5. The number of hydrogen-bond acceptors (Lipinski definition) is 14. The summed E-state index contributed by atoms with van der Waals surface area (Å²) in [6.45, 7) is 4.50. The molecule has 2 heterocycles. The molecule has 0 radical (unpaired) electrons. The summed E-state index contributed by atoms with van der Waals surface area (Å²) >= 11 is 12.7. The van der Waals surface area contributed by atoms with Crippen LogP contribution in [-0.4, -0.2) is 121 Å². The first kappa shape index (κ1) is 51.2. The molecule has 3 amide bonds. The van der Waals surface area contributed by atoms with Crippen LogP contribution < -0.4 is 14.2 Å². The molecule has 2 bridgehead atoms. The Morgan fingerprint density at radius 1 is 0.750 bits per heavy atom. The lowest BCUT2D eigenvalue weighted by molar-refractivity contribution is -0.757. The van der Waals surface area contributed by atoms with Crippen LogP contribution >= 0.6 is 23.2 Å².